The normalized spacial score (nSPS) is 11.4. The van der Waals surface area contributed by atoms with Gasteiger partial charge in [0.25, 0.3) is 5.91 Å². The molecule has 0 aliphatic carbocycles. The lowest BCUT2D eigenvalue weighted by Crippen LogP contribution is -2.38. The quantitative estimate of drug-likeness (QED) is 0.566. The zero-order valence-corrected chi connectivity index (χ0v) is 17.6. The van der Waals surface area contributed by atoms with Gasteiger partial charge in [-0.25, -0.2) is 9.98 Å². The van der Waals surface area contributed by atoms with E-state index in [1.807, 2.05) is 38.1 Å². The number of rotatable bonds is 7. The van der Waals surface area contributed by atoms with E-state index in [-0.39, 0.29) is 5.91 Å². The maximum absolute atomic E-state index is 11.9. The summed E-state index contributed by atoms with van der Waals surface area (Å²) in [7, 11) is 3.51. The van der Waals surface area contributed by atoms with Crippen LogP contribution in [-0.2, 0) is 13.0 Å². The summed E-state index contributed by atoms with van der Waals surface area (Å²) in [5.41, 5.74) is 2.87. The second kappa shape index (κ2) is 10.1. The fraction of sp³-hybridized carbons (Fsp3) is 0.450. The van der Waals surface area contributed by atoms with Crippen LogP contribution in [0.5, 0.6) is 0 Å². The fourth-order valence-electron chi connectivity index (χ4n) is 2.46. The molecule has 0 aliphatic heterocycles. The predicted molar refractivity (Wildman–Crippen MR) is 113 cm³/mol. The van der Waals surface area contributed by atoms with Gasteiger partial charge in [0.05, 0.1) is 17.2 Å². The summed E-state index contributed by atoms with van der Waals surface area (Å²) in [6.07, 6.45) is 0.880. The molecule has 146 valence electrons. The maximum atomic E-state index is 11.9. The van der Waals surface area contributed by atoms with Crippen molar-refractivity contribution in [1.29, 1.82) is 0 Å². The van der Waals surface area contributed by atoms with Gasteiger partial charge in [-0.3, -0.25) is 4.79 Å². The number of nitrogens with one attached hydrogen (secondary N) is 2. The minimum atomic E-state index is 0.00715. The number of aromatic nitrogens is 1. The topological polar surface area (TPSA) is 69.6 Å². The molecule has 1 aromatic carbocycles. The van der Waals surface area contributed by atoms with Crippen LogP contribution in [0.3, 0.4) is 0 Å². The summed E-state index contributed by atoms with van der Waals surface area (Å²) in [6.45, 7) is 8.35. The average molecular weight is 388 g/mol. The predicted octanol–water partition coefficient (Wildman–Crippen LogP) is 2.76. The van der Waals surface area contributed by atoms with E-state index in [0.29, 0.717) is 12.1 Å². The van der Waals surface area contributed by atoms with Crippen molar-refractivity contribution in [3.8, 4) is 0 Å². The number of hydrogen-bond acceptors (Lipinski definition) is 4. The molecule has 0 saturated carbocycles. The smallest absolute Gasteiger partial charge is 0.253 e. The molecule has 0 atom stereocenters. The number of amides is 1. The number of nitrogens with zero attached hydrogens (tertiary/aromatic N) is 3. The maximum Gasteiger partial charge on any atom is 0.253 e. The number of carbonyl (C=O) groups excluding carboxylic acids is 1. The third-order valence-corrected chi connectivity index (χ3v) is 5.21. The molecular formula is C20H29N5OS. The lowest BCUT2D eigenvalue weighted by atomic mass is 10.1. The molecule has 2 rings (SSSR count). The molecule has 27 heavy (non-hydrogen) atoms. The van der Waals surface area contributed by atoms with Crippen LogP contribution in [0.2, 0.25) is 0 Å². The Hall–Kier alpha value is -2.41. The number of carbonyl (C=O) groups is 1. The van der Waals surface area contributed by atoms with Gasteiger partial charge in [0.1, 0.15) is 0 Å². The molecule has 1 aromatic heterocycles. The SMILES string of the molecule is CCNC(=NCc1ccc(C(=O)N(C)C)cc1)NCCc1nc(C)c(C)s1. The van der Waals surface area contributed by atoms with Crippen molar-refractivity contribution in [2.24, 2.45) is 4.99 Å². The van der Waals surface area contributed by atoms with Crippen LogP contribution in [0.1, 0.15) is 38.4 Å². The average Bonchev–Trinajstić information content (AvgIpc) is 2.97. The van der Waals surface area contributed by atoms with E-state index >= 15 is 0 Å². The monoisotopic (exact) mass is 387 g/mol. The van der Waals surface area contributed by atoms with Gasteiger partial charge in [0, 0.05) is 44.0 Å². The van der Waals surface area contributed by atoms with E-state index in [2.05, 4.69) is 27.5 Å². The van der Waals surface area contributed by atoms with Crippen LogP contribution >= 0.6 is 11.3 Å². The highest BCUT2D eigenvalue weighted by Crippen LogP contribution is 2.16. The second-order valence-corrected chi connectivity index (χ2v) is 7.81. The van der Waals surface area contributed by atoms with Gasteiger partial charge in [-0.05, 0) is 38.5 Å². The van der Waals surface area contributed by atoms with E-state index < -0.39 is 0 Å². The minimum absolute atomic E-state index is 0.00715. The molecule has 0 bridgehead atoms. The lowest BCUT2D eigenvalue weighted by Gasteiger charge is -2.11. The molecule has 0 radical (unpaired) electrons. The molecule has 6 nitrogen and oxygen atoms in total. The number of guanidine groups is 1. The van der Waals surface area contributed by atoms with Gasteiger partial charge in [-0.1, -0.05) is 12.1 Å². The van der Waals surface area contributed by atoms with Crippen LogP contribution in [0.4, 0.5) is 0 Å². The van der Waals surface area contributed by atoms with Crippen LogP contribution in [-0.4, -0.2) is 48.9 Å². The third-order valence-electron chi connectivity index (χ3n) is 4.08. The van der Waals surface area contributed by atoms with Crippen LogP contribution in [0, 0.1) is 13.8 Å². The molecule has 0 spiro atoms. The van der Waals surface area contributed by atoms with Crippen LogP contribution in [0.25, 0.3) is 0 Å². The van der Waals surface area contributed by atoms with Crippen molar-refractivity contribution in [3.05, 3.63) is 51.0 Å². The molecule has 0 aliphatic rings. The van der Waals surface area contributed by atoms with E-state index in [0.717, 1.165) is 41.7 Å². The third kappa shape index (κ3) is 6.36. The molecule has 1 heterocycles. The summed E-state index contributed by atoms with van der Waals surface area (Å²) in [5.74, 6) is 0.795. The Morgan fingerprint density at radius 2 is 1.89 bits per heavy atom. The summed E-state index contributed by atoms with van der Waals surface area (Å²) in [6, 6.07) is 7.59. The van der Waals surface area contributed by atoms with Crippen molar-refractivity contribution in [2.75, 3.05) is 27.2 Å². The minimum Gasteiger partial charge on any atom is -0.357 e. The Bertz CT molecular complexity index is 761. The number of aliphatic imine (C=N–C) groups is 1. The first-order chi connectivity index (χ1) is 12.9. The van der Waals surface area contributed by atoms with Crippen LogP contribution < -0.4 is 10.6 Å². The van der Waals surface area contributed by atoms with E-state index in [9.17, 15) is 4.79 Å². The number of benzene rings is 1. The summed E-state index contributed by atoms with van der Waals surface area (Å²) in [5, 5.41) is 7.77. The first kappa shape index (κ1) is 20.9. The lowest BCUT2D eigenvalue weighted by molar-refractivity contribution is 0.0827. The van der Waals surface area contributed by atoms with E-state index in [1.165, 1.54) is 4.88 Å². The highest BCUT2D eigenvalue weighted by Gasteiger charge is 2.07. The number of thiazole rings is 1. The Kier molecular flexibility index (Phi) is 7.79. The summed E-state index contributed by atoms with van der Waals surface area (Å²) in [4.78, 5) is 24.0. The standard InChI is InChI=1S/C20H29N5OS/c1-6-21-20(22-12-11-18-24-14(2)15(3)27-18)23-13-16-7-9-17(10-8-16)19(26)25(4)5/h7-10H,6,11-13H2,1-5H3,(H2,21,22,23). The Morgan fingerprint density at radius 3 is 2.44 bits per heavy atom. The molecule has 0 unspecified atom stereocenters. The highest BCUT2D eigenvalue weighted by atomic mass is 32.1. The fourth-order valence-corrected chi connectivity index (χ4v) is 3.39. The molecule has 7 heteroatoms. The van der Waals surface area contributed by atoms with Gasteiger partial charge >= 0.3 is 0 Å². The van der Waals surface area contributed by atoms with Crippen molar-refractivity contribution in [2.45, 2.75) is 33.7 Å². The van der Waals surface area contributed by atoms with Gasteiger partial charge in [-0.2, -0.15) is 0 Å². The molecule has 0 saturated heterocycles. The largest absolute Gasteiger partial charge is 0.357 e. The van der Waals surface area contributed by atoms with Crippen molar-refractivity contribution in [1.82, 2.24) is 20.5 Å². The van der Waals surface area contributed by atoms with Crippen molar-refractivity contribution >= 4 is 23.2 Å². The van der Waals surface area contributed by atoms with Gasteiger partial charge < -0.3 is 15.5 Å². The molecule has 0 fully saturated rings. The van der Waals surface area contributed by atoms with Gasteiger partial charge in [0.15, 0.2) is 5.96 Å². The number of aryl methyl sites for hydroxylation is 2. The Labute approximate surface area is 165 Å². The first-order valence-electron chi connectivity index (χ1n) is 9.16. The molecule has 1 amide bonds. The highest BCUT2D eigenvalue weighted by molar-refractivity contribution is 7.11. The first-order valence-corrected chi connectivity index (χ1v) is 9.98. The second-order valence-electron chi connectivity index (χ2n) is 6.52. The zero-order valence-electron chi connectivity index (χ0n) is 16.8. The summed E-state index contributed by atoms with van der Waals surface area (Å²) >= 11 is 1.75. The molecule has 2 aromatic rings. The van der Waals surface area contributed by atoms with E-state index in [4.69, 9.17) is 0 Å². The van der Waals surface area contributed by atoms with Crippen molar-refractivity contribution in [3.63, 3.8) is 0 Å². The molecule has 2 N–H and O–H groups in total. The van der Waals surface area contributed by atoms with Gasteiger partial charge in [0.2, 0.25) is 0 Å². The van der Waals surface area contributed by atoms with E-state index in [1.54, 1.807) is 30.3 Å². The summed E-state index contributed by atoms with van der Waals surface area (Å²) < 4.78 is 0. The number of hydrogen-bond donors (Lipinski definition) is 2. The van der Waals surface area contributed by atoms with Gasteiger partial charge in [-0.15, -0.1) is 11.3 Å². The Balaban J connectivity index is 1.91. The zero-order chi connectivity index (χ0) is 19.8. The Morgan fingerprint density at radius 1 is 1.19 bits per heavy atom. The van der Waals surface area contributed by atoms with Crippen molar-refractivity contribution < 1.29 is 4.79 Å². The van der Waals surface area contributed by atoms with Crippen LogP contribution in [0.15, 0.2) is 29.3 Å². The molecular weight excluding hydrogens is 358 g/mol.